The van der Waals surface area contributed by atoms with Crippen LogP contribution in [0.15, 0.2) is 23.4 Å². The molecule has 2 atom stereocenters. The first-order chi connectivity index (χ1) is 8.27. The van der Waals surface area contributed by atoms with Crippen LogP contribution in [0.5, 0.6) is 0 Å². The van der Waals surface area contributed by atoms with Crippen LogP contribution in [0, 0.1) is 11.8 Å². The van der Waals surface area contributed by atoms with E-state index in [2.05, 4.69) is 19.1 Å². The van der Waals surface area contributed by atoms with Gasteiger partial charge >= 0.3 is 0 Å². The summed E-state index contributed by atoms with van der Waals surface area (Å²) in [5.41, 5.74) is 8.40. The Kier molecular flexibility index (Phi) is 4.70. The van der Waals surface area contributed by atoms with E-state index in [-0.39, 0.29) is 0 Å². The van der Waals surface area contributed by atoms with Crippen LogP contribution >= 0.6 is 0 Å². The molecule has 1 heteroatoms. The molecular formula is C16H27N. The topological polar surface area (TPSA) is 26.0 Å². The van der Waals surface area contributed by atoms with Gasteiger partial charge in [0.1, 0.15) is 0 Å². The second kappa shape index (κ2) is 6.28. The Morgan fingerprint density at radius 3 is 1.88 bits per heavy atom. The molecule has 1 fully saturated rings. The largest absolute Gasteiger partial charge is 0.399 e. The molecule has 0 saturated heterocycles. The van der Waals surface area contributed by atoms with E-state index < -0.39 is 0 Å². The molecule has 96 valence electrons. The Hall–Kier alpha value is -0.720. The van der Waals surface area contributed by atoms with Crippen LogP contribution in [-0.4, -0.2) is 0 Å². The summed E-state index contributed by atoms with van der Waals surface area (Å²) in [4.78, 5) is 0. The Labute approximate surface area is 106 Å². The van der Waals surface area contributed by atoms with Gasteiger partial charge in [-0.3, -0.25) is 0 Å². The molecule has 0 aromatic heterocycles. The molecule has 0 aromatic rings. The van der Waals surface area contributed by atoms with Gasteiger partial charge in [0.25, 0.3) is 0 Å². The third-order valence-electron chi connectivity index (χ3n) is 4.44. The van der Waals surface area contributed by atoms with Gasteiger partial charge in [0.15, 0.2) is 0 Å². The molecule has 0 spiro atoms. The molecule has 17 heavy (non-hydrogen) atoms. The molecular weight excluding hydrogens is 206 g/mol. The first-order valence-corrected chi connectivity index (χ1v) is 7.43. The monoisotopic (exact) mass is 233 g/mol. The lowest BCUT2D eigenvalue weighted by Crippen LogP contribution is -2.18. The van der Waals surface area contributed by atoms with E-state index in [9.17, 15) is 0 Å². The van der Waals surface area contributed by atoms with Crippen molar-refractivity contribution in [1.29, 1.82) is 0 Å². The van der Waals surface area contributed by atoms with Crippen LogP contribution in [0.3, 0.4) is 0 Å². The number of fused-ring (bicyclic) bond motifs is 1. The average Bonchev–Trinajstić information content (AvgIpc) is 2.36. The van der Waals surface area contributed by atoms with Crippen LogP contribution in [0.2, 0.25) is 0 Å². The van der Waals surface area contributed by atoms with Crippen molar-refractivity contribution < 1.29 is 0 Å². The first-order valence-electron chi connectivity index (χ1n) is 7.43. The number of hydrogen-bond donors (Lipinski definition) is 1. The standard InChI is InChI=1S/C16H27N/c1-13-11-14-9-7-5-3-2-4-6-8-10-15(14)12-16(13)17/h11-12,14-15H,2-10,17H2,1H3. The van der Waals surface area contributed by atoms with Crippen molar-refractivity contribution in [3.05, 3.63) is 23.4 Å². The van der Waals surface area contributed by atoms with Crippen molar-refractivity contribution in [2.75, 3.05) is 0 Å². The maximum Gasteiger partial charge on any atom is 0.0303 e. The molecule has 2 rings (SSSR count). The summed E-state index contributed by atoms with van der Waals surface area (Å²) in [5, 5.41) is 0. The lowest BCUT2D eigenvalue weighted by molar-refractivity contribution is 0.390. The molecule has 1 nitrogen and oxygen atoms in total. The van der Waals surface area contributed by atoms with Crippen LogP contribution in [0.1, 0.15) is 64.7 Å². The van der Waals surface area contributed by atoms with Gasteiger partial charge in [-0.15, -0.1) is 0 Å². The summed E-state index contributed by atoms with van der Waals surface area (Å²) in [5.74, 6) is 1.48. The minimum Gasteiger partial charge on any atom is -0.399 e. The lowest BCUT2D eigenvalue weighted by Gasteiger charge is -2.27. The van der Waals surface area contributed by atoms with Gasteiger partial charge in [-0.1, -0.05) is 57.1 Å². The zero-order chi connectivity index (χ0) is 12.1. The van der Waals surface area contributed by atoms with Crippen LogP contribution in [0.25, 0.3) is 0 Å². The van der Waals surface area contributed by atoms with E-state index in [1.54, 1.807) is 0 Å². The number of allylic oxidation sites excluding steroid dienone is 3. The molecule has 0 aliphatic heterocycles. The highest BCUT2D eigenvalue weighted by Gasteiger charge is 2.22. The fourth-order valence-corrected chi connectivity index (χ4v) is 3.27. The molecule has 0 amide bonds. The van der Waals surface area contributed by atoms with E-state index >= 15 is 0 Å². The van der Waals surface area contributed by atoms with Gasteiger partial charge in [-0.05, 0) is 37.2 Å². The Morgan fingerprint density at radius 2 is 1.29 bits per heavy atom. The van der Waals surface area contributed by atoms with Gasteiger partial charge in [-0.25, -0.2) is 0 Å². The molecule has 2 N–H and O–H groups in total. The first kappa shape index (κ1) is 12.7. The van der Waals surface area contributed by atoms with Crippen LogP contribution in [-0.2, 0) is 0 Å². The quantitative estimate of drug-likeness (QED) is 0.653. The molecule has 2 unspecified atom stereocenters. The molecule has 0 radical (unpaired) electrons. The summed E-state index contributed by atoms with van der Waals surface area (Å²) >= 11 is 0. The Balaban J connectivity index is 2.02. The predicted molar refractivity (Wildman–Crippen MR) is 74.6 cm³/mol. The van der Waals surface area contributed by atoms with E-state index in [0.717, 1.165) is 17.5 Å². The zero-order valence-electron chi connectivity index (χ0n) is 11.3. The van der Waals surface area contributed by atoms with Crippen molar-refractivity contribution >= 4 is 0 Å². The number of rotatable bonds is 0. The average molecular weight is 233 g/mol. The lowest BCUT2D eigenvalue weighted by atomic mass is 9.79. The highest BCUT2D eigenvalue weighted by molar-refractivity contribution is 5.31. The van der Waals surface area contributed by atoms with Gasteiger partial charge in [0.2, 0.25) is 0 Å². The van der Waals surface area contributed by atoms with E-state index in [1.807, 2.05) is 0 Å². The van der Waals surface area contributed by atoms with Gasteiger partial charge < -0.3 is 5.73 Å². The van der Waals surface area contributed by atoms with Gasteiger partial charge in [-0.2, -0.15) is 0 Å². The SMILES string of the molecule is CC1=CC2CCCCCCCCCC2C=C1N. The number of nitrogens with two attached hydrogens (primary N) is 1. The molecule has 2 aliphatic rings. The van der Waals surface area contributed by atoms with Crippen molar-refractivity contribution in [3.8, 4) is 0 Å². The van der Waals surface area contributed by atoms with E-state index in [0.29, 0.717) is 0 Å². The maximum absolute atomic E-state index is 6.07. The molecule has 0 heterocycles. The van der Waals surface area contributed by atoms with Crippen LogP contribution < -0.4 is 5.73 Å². The summed E-state index contributed by atoms with van der Waals surface area (Å²) in [6.45, 7) is 2.16. The summed E-state index contributed by atoms with van der Waals surface area (Å²) in [6, 6.07) is 0. The van der Waals surface area contributed by atoms with Crippen molar-refractivity contribution in [2.45, 2.75) is 64.7 Å². The Morgan fingerprint density at radius 1 is 0.824 bits per heavy atom. The second-order valence-electron chi connectivity index (χ2n) is 5.85. The summed E-state index contributed by atoms with van der Waals surface area (Å²) < 4.78 is 0. The summed E-state index contributed by atoms with van der Waals surface area (Å²) in [7, 11) is 0. The van der Waals surface area contributed by atoms with Gasteiger partial charge in [0, 0.05) is 5.70 Å². The maximum atomic E-state index is 6.07. The fraction of sp³-hybridized carbons (Fsp3) is 0.750. The second-order valence-corrected chi connectivity index (χ2v) is 5.85. The van der Waals surface area contributed by atoms with Crippen molar-refractivity contribution in [2.24, 2.45) is 17.6 Å². The molecule has 1 saturated carbocycles. The van der Waals surface area contributed by atoms with Crippen molar-refractivity contribution in [1.82, 2.24) is 0 Å². The van der Waals surface area contributed by atoms with E-state index in [4.69, 9.17) is 5.73 Å². The third kappa shape index (κ3) is 3.62. The minimum atomic E-state index is 0.719. The zero-order valence-corrected chi connectivity index (χ0v) is 11.3. The summed E-state index contributed by atoms with van der Waals surface area (Å²) in [6.07, 6.45) is 17.5. The van der Waals surface area contributed by atoms with Crippen molar-refractivity contribution in [3.63, 3.8) is 0 Å². The van der Waals surface area contributed by atoms with Crippen LogP contribution in [0.4, 0.5) is 0 Å². The minimum absolute atomic E-state index is 0.719. The highest BCUT2D eigenvalue weighted by Crippen LogP contribution is 2.33. The highest BCUT2D eigenvalue weighted by atomic mass is 14.6. The smallest absolute Gasteiger partial charge is 0.0303 e. The number of hydrogen-bond acceptors (Lipinski definition) is 1. The van der Waals surface area contributed by atoms with E-state index in [1.165, 1.54) is 63.4 Å². The molecule has 0 bridgehead atoms. The fourth-order valence-electron chi connectivity index (χ4n) is 3.27. The third-order valence-corrected chi connectivity index (χ3v) is 4.44. The Bertz CT molecular complexity index is 271. The predicted octanol–water partition coefficient (Wildman–Crippen LogP) is 4.55. The normalized spacial score (nSPS) is 31.8. The molecule has 2 aliphatic carbocycles. The van der Waals surface area contributed by atoms with Gasteiger partial charge in [0.05, 0.1) is 0 Å². The molecule has 0 aromatic carbocycles.